The topological polar surface area (TPSA) is 89.5 Å². The molecular formula is C23H24N6O3S. The predicted octanol–water partition coefficient (Wildman–Crippen LogP) is 2.93. The Hall–Kier alpha value is -3.50. The van der Waals surface area contributed by atoms with E-state index in [0.29, 0.717) is 38.5 Å². The van der Waals surface area contributed by atoms with E-state index in [2.05, 4.69) is 31.9 Å². The summed E-state index contributed by atoms with van der Waals surface area (Å²) in [7, 11) is 1.66. The van der Waals surface area contributed by atoms with Gasteiger partial charge < -0.3 is 14.1 Å². The third-order valence-corrected chi connectivity index (χ3v) is 6.68. The maximum Gasteiger partial charge on any atom is 0.289 e. The van der Waals surface area contributed by atoms with Gasteiger partial charge in [0.1, 0.15) is 5.75 Å². The first-order chi connectivity index (χ1) is 16.2. The van der Waals surface area contributed by atoms with Crippen molar-refractivity contribution >= 4 is 17.2 Å². The molecule has 1 aromatic carbocycles. The normalized spacial score (nSPS) is 15.5. The highest BCUT2D eigenvalue weighted by molar-refractivity contribution is 7.09. The average Bonchev–Trinajstić information content (AvgIpc) is 3.64. The van der Waals surface area contributed by atoms with Crippen LogP contribution in [0.5, 0.6) is 5.75 Å². The highest BCUT2D eigenvalue weighted by Gasteiger charge is 2.32. The Morgan fingerprint density at radius 3 is 2.61 bits per heavy atom. The van der Waals surface area contributed by atoms with Gasteiger partial charge in [-0.2, -0.15) is 0 Å². The molecular weight excluding hydrogens is 440 g/mol. The van der Waals surface area contributed by atoms with Crippen LogP contribution in [0, 0.1) is 0 Å². The Kier molecular flexibility index (Phi) is 6.18. The fourth-order valence-corrected chi connectivity index (χ4v) is 4.80. The van der Waals surface area contributed by atoms with Crippen LogP contribution in [-0.2, 0) is 6.54 Å². The molecule has 4 aromatic rings. The second-order valence-electron chi connectivity index (χ2n) is 7.76. The minimum Gasteiger partial charge on any atom is -0.497 e. The number of carbonyl (C=O) groups is 1. The molecule has 3 aromatic heterocycles. The third kappa shape index (κ3) is 4.53. The first-order valence-electron chi connectivity index (χ1n) is 10.7. The second-order valence-corrected chi connectivity index (χ2v) is 8.79. The Morgan fingerprint density at radius 2 is 1.94 bits per heavy atom. The van der Waals surface area contributed by atoms with E-state index in [4.69, 9.17) is 9.15 Å². The lowest BCUT2D eigenvalue weighted by atomic mass is 10.0. The quantitative estimate of drug-likeness (QED) is 0.415. The molecule has 170 valence electrons. The number of amides is 1. The van der Waals surface area contributed by atoms with Crippen LogP contribution in [0.3, 0.4) is 0 Å². The standard InChI is InChI=1S/C23H24N6O3S/c1-31-18-8-6-17(7-9-18)21(22-24-25-26-29(22)16-19-4-3-15-33-19)27-10-12-28(13-11-27)23(30)20-5-2-14-32-20/h2-9,14-15,21H,10-13,16H2,1H3. The van der Waals surface area contributed by atoms with Gasteiger partial charge in [-0.05, 0) is 51.7 Å². The number of methoxy groups -OCH3 is 1. The summed E-state index contributed by atoms with van der Waals surface area (Å²) in [6, 6.07) is 15.4. The van der Waals surface area contributed by atoms with Gasteiger partial charge in [-0.15, -0.1) is 16.4 Å². The van der Waals surface area contributed by atoms with Gasteiger partial charge in [-0.25, -0.2) is 4.68 Å². The van der Waals surface area contributed by atoms with E-state index < -0.39 is 0 Å². The van der Waals surface area contributed by atoms with E-state index in [0.717, 1.165) is 17.1 Å². The van der Waals surface area contributed by atoms with Crippen molar-refractivity contribution in [1.82, 2.24) is 30.0 Å². The molecule has 0 saturated carbocycles. The van der Waals surface area contributed by atoms with Crippen molar-refractivity contribution in [1.29, 1.82) is 0 Å². The highest BCUT2D eigenvalue weighted by Crippen LogP contribution is 2.30. The van der Waals surface area contributed by atoms with Gasteiger partial charge in [0.2, 0.25) is 0 Å². The Bertz CT molecular complexity index is 1170. The number of rotatable bonds is 7. The molecule has 0 radical (unpaired) electrons. The first kappa shape index (κ1) is 21.4. The lowest BCUT2D eigenvalue weighted by Crippen LogP contribution is -2.50. The van der Waals surface area contributed by atoms with Crippen molar-refractivity contribution in [3.8, 4) is 5.75 Å². The molecule has 10 heteroatoms. The molecule has 0 aliphatic carbocycles. The molecule has 1 amide bonds. The maximum atomic E-state index is 12.7. The van der Waals surface area contributed by atoms with E-state index >= 15 is 0 Å². The molecule has 1 unspecified atom stereocenters. The molecule has 0 bridgehead atoms. The number of benzene rings is 1. The third-order valence-electron chi connectivity index (χ3n) is 5.82. The lowest BCUT2D eigenvalue weighted by molar-refractivity contribution is 0.0559. The average molecular weight is 465 g/mol. The summed E-state index contributed by atoms with van der Waals surface area (Å²) >= 11 is 1.68. The number of furan rings is 1. The zero-order valence-electron chi connectivity index (χ0n) is 18.2. The Morgan fingerprint density at radius 1 is 1.12 bits per heavy atom. The second kappa shape index (κ2) is 9.55. The molecule has 9 nitrogen and oxygen atoms in total. The van der Waals surface area contributed by atoms with Crippen LogP contribution in [0.4, 0.5) is 0 Å². The first-order valence-corrected chi connectivity index (χ1v) is 11.6. The summed E-state index contributed by atoms with van der Waals surface area (Å²) in [6.07, 6.45) is 1.52. The van der Waals surface area contributed by atoms with Crippen molar-refractivity contribution in [2.24, 2.45) is 0 Å². The van der Waals surface area contributed by atoms with Crippen LogP contribution in [0.15, 0.2) is 64.6 Å². The van der Waals surface area contributed by atoms with Crippen molar-refractivity contribution < 1.29 is 13.9 Å². The smallest absolute Gasteiger partial charge is 0.289 e. The Labute approximate surface area is 195 Å². The van der Waals surface area contributed by atoms with Crippen LogP contribution in [0.25, 0.3) is 0 Å². The molecule has 33 heavy (non-hydrogen) atoms. The summed E-state index contributed by atoms with van der Waals surface area (Å²) in [5.41, 5.74) is 1.07. The zero-order valence-corrected chi connectivity index (χ0v) is 19.0. The van der Waals surface area contributed by atoms with Crippen molar-refractivity contribution in [2.75, 3.05) is 33.3 Å². The molecule has 0 N–H and O–H groups in total. The number of nitrogens with zero attached hydrogens (tertiary/aromatic N) is 6. The molecule has 0 spiro atoms. The van der Waals surface area contributed by atoms with Crippen LogP contribution in [-0.4, -0.2) is 69.2 Å². The van der Waals surface area contributed by atoms with Gasteiger partial charge in [0.25, 0.3) is 5.91 Å². The summed E-state index contributed by atoms with van der Waals surface area (Å²) in [4.78, 5) is 18.0. The number of aromatic nitrogens is 4. The number of tetrazole rings is 1. The molecule has 1 atom stereocenters. The molecule has 1 saturated heterocycles. The summed E-state index contributed by atoms with van der Waals surface area (Å²) in [5.74, 6) is 1.86. The molecule has 5 rings (SSSR count). The molecule has 1 aliphatic heterocycles. The van der Waals surface area contributed by atoms with E-state index in [1.54, 1.807) is 30.6 Å². The van der Waals surface area contributed by atoms with Crippen molar-refractivity contribution in [3.63, 3.8) is 0 Å². The fourth-order valence-electron chi connectivity index (χ4n) is 4.12. The van der Waals surface area contributed by atoms with Crippen LogP contribution in [0.1, 0.15) is 32.9 Å². The minimum absolute atomic E-state index is 0.0804. The number of thiophene rings is 1. The summed E-state index contributed by atoms with van der Waals surface area (Å²) < 4.78 is 12.5. The predicted molar refractivity (Wildman–Crippen MR) is 122 cm³/mol. The number of ether oxygens (including phenoxy) is 1. The van der Waals surface area contributed by atoms with E-state index in [1.807, 2.05) is 39.9 Å². The molecule has 1 aliphatic rings. The zero-order chi connectivity index (χ0) is 22.6. The van der Waals surface area contributed by atoms with Gasteiger partial charge in [-0.1, -0.05) is 18.2 Å². The van der Waals surface area contributed by atoms with E-state index in [9.17, 15) is 4.79 Å². The van der Waals surface area contributed by atoms with Crippen LogP contribution >= 0.6 is 11.3 Å². The van der Waals surface area contributed by atoms with Gasteiger partial charge in [-0.3, -0.25) is 9.69 Å². The number of carbonyl (C=O) groups excluding carboxylic acids is 1. The summed E-state index contributed by atoms with van der Waals surface area (Å²) in [5, 5.41) is 14.7. The van der Waals surface area contributed by atoms with Gasteiger partial charge in [0.15, 0.2) is 11.6 Å². The molecule has 4 heterocycles. The largest absolute Gasteiger partial charge is 0.497 e. The van der Waals surface area contributed by atoms with Gasteiger partial charge >= 0.3 is 0 Å². The Balaban J connectivity index is 1.41. The van der Waals surface area contributed by atoms with E-state index in [1.165, 1.54) is 11.1 Å². The minimum atomic E-state index is -0.147. The number of piperazine rings is 1. The fraction of sp³-hybridized carbons (Fsp3) is 0.304. The maximum absolute atomic E-state index is 12.7. The van der Waals surface area contributed by atoms with Crippen molar-refractivity contribution in [3.05, 3.63) is 82.2 Å². The van der Waals surface area contributed by atoms with Crippen LogP contribution in [0.2, 0.25) is 0 Å². The lowest BCUT2D eigenvalue weighted by Gasteiger charge is -2.38. The SMILES string of the molecule is COc1ccc(C(c2nnnn2Cc2cccs2)N2CCN(C(=O)c3ccco3)CC2)cc1. The number of hydrogen-bond donors (Lipinski definition) is 0. The van der Waals surface area contributed by atoms with E-state index in [-0.39, 0.29) is 11.9 Å². The summed E-state index contributed by atoms with van der Waals surface area (Å²) in [6.45, 7) is 3.19. The van der Waals surface area contributed by atoms with Gasteiger partial charge in [0.05, 0.1) is 26.0 Å². The van der Waals surface area contributed by atoms with Gasteiger partial charge in [0, 0.05) is 31.1 Å². The molecule has 1 fully saturated rings. The monoisotopic (exact) mass is 464 g/mol. The number of hydrogen-bond acceptors (Lipinski definition) is 8. The highest BCUT2D eigenvalue weighted by atomic mass is 32.1. The van der Waals surface area contributed by atoms with Crippen molar-refractivity contribution in [2.45, 2.75) is 12.6 Å². The van der Waals surface area contributed by atoms with Crippen LogP contribution < -0.4 is 4.74 Å².